The van der Waals surface area contributed by atoms with E-state index in [1.165, 1.54) is 23.2 Å². The summed E-state index contributed by atoms with van der Waals surface area (Å²) in [5.41, 5.74) is -0.541. The molecule has 0 radical (unpaired) electrons. The second-order valence-corrected chi connectivity index (χ2v) is 7.76. The summed E-state index contributed by atoms with van der Waals surface area (Å²) in [5.74, 6) is -0.936. The smallest absolute Gasteiger partial charge is 0.410 e. The van der Waals surface area contributed by atoms with Crippen LogP contribution in [0, 0.1) is 4.91 Å². The van der Waals surface area contributed by atoms with E-state index in [4.69, 9.17) is 4.74 Å². The largest absolute Gasteiger partial charge is 0.610 e. The van der Waals surface area contributed by atoms with Crippen LogP contribution in [0.15, 0.2) is 28.5 Å². The third kappa shape index (κ3) is 4.26. The van der Waals surface area contributed by atoms with E-state index in [-0.39, 0.29) is 28.9 Å². The lowest BCUT2D eigenvalue weighted by Crippen LogP contribution is -2.57. The van der Waals surface area contributed by atoms with Crippen LogP contribution in [0.3, 0.4) is 0 Å². The minimum atomic E-state index is -1.49. The Hall–Kier alpha value is -2.00. The number of amides is 2. The van der Waals surface area contributed by atoms with Crippen LogP contribution >= 0.6 is 0 Å². The normalized spacial score (nSPS) is 16.4. The maximum absolute atomic E-state index is 12.4. The Kier molecular flexibility index (Phi) is 5.00. The van der Waals surface area contributed by atoms with Gasteiger partial charge in [0.2, 0.25) is 5.03 Å². The average molecular weight is 339 g/mol. The Bertz CT molecular complexity index is 625. The van der Waals surface area contributed by atoms with E-state index in [1.54, 1.807) is 20.8 Å². The van der Waals surface area contributed by atoms with Crippen molar-refractivity contribution in [3.8, 4) is 0 Å². The molecule has 23 heavy (non-hydrogen) atoms. The van der Waals surface area contributed by atoms with Crippen molar-refractivity contribution in [1.29, 1.82) is 0 Å². The van der Waals surface area contributed by atoms with Crippen LogP contribution in [-0.2, 0) is 15.9 Å². The van der Waals surface area contributed by atoms with Crippen LogP contribution in [0.4, 0.5) is 4.79 Å². The Morgan fingerprint density at radius 3 is 2.65 bits per heavy atom. The van der Waals surface area contributed by atoms with Crippen LogP contribution in [-0.4, -0.2) is 50.4 Å². The molecule has 0 spiro atoms. The van der Waals surface area contributed by atoms with Gasteiger partial charge in [0.15, 0.2) is 5.25 Å². The molecule has 1 aromatic heterocycles. The molecule has 1 fully saturated rings. The number of likely N-dealkylation sites (tertiary alicyclic amines) is 1. The lowest BCUT2D eigenvalue weighted by Gasteiger charge is -2.39. The van der Waals surface area contributed by atoms with Crippen molar-refractivity contribution in [2.45, 2.75) is 36.6 Å². The Morgan fingerprint density at radius 1 is 1.43 bits per heavy atom. The van der Waals surface area contributed by atoms with E-state index < -0.39 is 28.8 Å². The summed E-state index contributed by atoms with van der Waals surface area (Å²) in [7, 11) is 0. The van der Waals surface area contributed by atoms with Crippen LogP contribution in [0.5, 0.6) is 0 Å². The van der Waals surface area contributed by atoms with E-state index in [9.17, 15) is 19.0 Å². The van der Waals surface area contributed by atoms with Gasteiger partial charge >= 0.3 is 12.0 Å². The van der Waals surface area contributed by atoms with Crippen molar-refractivity contribution in [2.24, 2.45) is 5.18 Å². The van der Waals surface area contributed by atoms with Gasteiger partial charge < -0.3 is 9.29 Å². The lowest BCUT2D eigenvalue weighted by atomic mass is 10.2. The first kappa shape index (κ1) is 17.4. The number of aromatic nitrogens is 1. The molecule has 1 unspecified atom stereocenters. The maximum atomic E-state index is 12.4. The van der Waals surface area contributed by atoms with E-state index in [0.717, 1.165) is 0 Å². The van der Waals surface area contributed by atoms with Crippen molar-refractivity contribution in [1.82, 2.24) is 9.88 Å². The van der Waals surface area contributed by atoms with Crippen molar-refractivity contribution in [3.63, 3.8) is 0 Å². The van der Waals surface area contributed by atoms with Gasteiger partial charge in [0.25, 0.3) is 0 Å². The standard InChI is InChI=1S/C14H17N3O5S/c1-14(2,3)22-13(19)17-7-10(8-17)23(21)11-6-9(4-5-15-11)12(18)16-20/h4-6,10H,7-8H2,1-3H3. The predicted octanol–water partition coefficient (Wildman–Crippen LogP) is 1.72. The first-order valence-corrected chi connectivity index (χ1v) is 8.15. The van der Waals surface area contributed by atoms with Gasteiger partial charge in [-0.1, -0.05) is 0 Å². The number of carbonyl (C=O) groups excluding carboxylic acids is 2. The van der Waals surface area contributed by atoms with Gasteiger partial charge in [0.1, 0.15) is 5.60 Å². The Morgan fingerprint density at radius 2 is 2.09 bits per heavy atom. The molecular formula is C14H17N3O5S. The van der Waals surface area contributed by atoms with E-state index in [2.05, 4.69) is 10.2 Å². The van der Waals surface area contributed by atoms with Crippen LogP contribution in [0.25, 0.3) is 0 Å². The molecule has 1 aliphatic heterocycles. The quantitative estimate of drug-likeness (QED) is 0.612. The molecule has 2 heterocycles. The monoisotopic (exact) mass is 339 g/mol. The first-order chi connectivity index (χ1) is 10.7. The Balaban J connectivity index is 1.96. The number of carbonyl (C=O) groups is 2. The zero-order chi connectivity index (χ0) is 17.2. The highest BCUT2D eigenvalue weighted by molar-refractivity contribution is 7.92. The van der Waals surface area contributed by atoms with Crippen molar-refractivity contribution in [2.75, 3.05) is 13.1 Å². The zero-order valence-electron chi connectivity index (χ0n) is 13.0. The number of ether oxygens (including phenoxy) is 1. The van der Waals surface area contributed by atoms with Gasteiger partial charge in [-0.05, 0) is 26.8 Å². The number of hydrogen-bond acceptors (Lipinski definition) is 6. The summed E-state index contributed by atoms with van der Waals surface area (Å²) in [6.45, 7) is 5.88. The van der Waals surface area contributed by atoms with Crippen LogP contribution in [0.2, 0.25) is 0 Å². The number of nitrogens with zero attached hydrogens (tertiary/aromatic N) is 3. The third-order valence-corrected chi connectivity index (χ3v) is 4.61. The molecule has 8 nitrogen and oxygen atoms in total. The highest BCUT2D eigenvalue weighted by Crippen LogP contribution is 2.24. The molecule has 2 amide bonds. The minimum Gasteiger partial charge on any atom is -0.610 e. The average Bonchev–Trinajstić information content (AvgIpc) is 2.43. The van der Waals surface area contributed by atoms with Gasteiger partial charge in [0.05, 0.1) is 18.7 Å². The fourth-order valence-electron chi connectivity index (χ4n) is 1.93. The molecule has 0 N–H and O–H groups in total. The second kappa shape index (κ2) is 6.63. The summed E-state index contributed by atoms with van der Waals surface area (Å²) in [6, 6.07) is 2.62. The van der Waals surface area contributed by atoms with Crippen LogP contribution < -0.4 is 0 Å². The molecule has 0 aromatic carbocycles. The first-order valence-electron chi connectivity index (χ1n) is 6.93. The summed E-state index contributed by atoms with van der Waals surface area (Å²) in [6.07, 6.45) is 0.850. The highest BCUT2D eigenvalue weighted by atomic mass is 32.2. The van der Waals surface area contributed by atoms with Gasteiger partial charge in [-0.15, -0.1) is 4.91 Å². The molecule has 1 aliphatic rings. The topological polar surface area (TPSA) is 112 Å². The van der Waals surface area contributed by atoms with Crippen LogP contribution in [0.1, 0.15) is 31.1 Å². The lowest BCUT2D eigenvalue weighted by molar-refractivity contribution is 0.0138. The molecule has 9 heteroatoms. The number of rotatable bonds is 3. The molecule has 1 saturated heterocycles. The summed E-state index contributed by atoms with van der Waals surface area (Å²) < 4.78 is 17.6. The van der Waals surface area contributed by atoms with Crippen molar-refractivity contribution < 1.29 is 18.9 Å². The van der Waals surface area contributed by atoms with E-state index in [0.29, 0.717) is 0 Å². The molecular weight excluding hydrogens is 322 g/mol. The molecule has 1 atom stereocenters. The highest BCUT2D eigenvalue weighted by Gasteiger charge is 2.42. The van der Waals surface area contributed by atoms with E-state index in [1.807, 2.05) is 0 Å². The predicted molar refractivity (Wildman–Crippen MR) is 82.4 cm³/mol. The Labute approximate surface area is 136 Å². The van der Waals surface area contributed by atoms with Crippen molar-refractivity contribution >= 4 is 23.2 Å². The fourth-order valence-corrected chi connectivity index (χ4v) is 3.31. The van der Waals surface area contributed by atoms with Gasteiger partial charge in [-0.3, -0.25) is 9.69 Å². The SMILES string of the molecule is CC(C)(C)OC(=O)N1CC([S+]([O-])c2cc(C(=O)N=O)ccn2)C1. The molecule has 2 rings (SSSR count). The molecule has 0 saturated carbocycles. The second-order valence-electron chi connectivity index (χ2n) is 6.08. The zero-order valence-corrected chi connectivity index (χ0v) is 13.8. The van der Waals surface area contributed by atoms with Gasteiger partial charge in [-0.25, -0.2) is 9.78 Å². The minimum absolute atomic E-state index is 0.0432. The summed E-state index contributed by atoms with van der Waals surface area (Å²) in [4.78, 5) is 38.7. The van der Waals surface area contributed by atoms with Crippen molar-refractivity contribution in [3.05, 3.63) is 28.8 Å². The number of hydrogen-bond donors (Lipinski definition) is 0. The molecule has 124 valence electrons. The van der Waals surface area contributed by atoms with Gasteiger partial charge in [0, 0.05) is 28.6 Å². The van der Waals surface area contributed by atoms with Gasteiger partial charge in [-0.2, -0.15) is 0 Å². The fraction of sp³-hybridized carbons (Fsp3) is 0.500. The number of pyridine rings is 1. The number of nitroso groups, excluding NO2 is 1. The molecule has 0 bridgehead atoms. The maximum Gasteiger partial charge on any atom is 0.410 e. The summed E-state index contributed by atoms with van der Waals surface area (Å²) >= 11 is -1.49. The summed E-state index contributed by atoms with van der Waals surface area (Å²) in [5, 5.41) is 2.22. The third-order valence-electron chi connectivity index (χ3n) is 3.07. The van der Waals surface area contributed by atoms with E-state index >= 15 is 0 Å². The molecule has 0 aliphatic carbocycles. The molecule has 1 aromatic rings.